The predicted octanol–water partition coefficient (Wildman–Crippen LogP) is 3.03. The fourth-order valence-corrected chi connectivity index (χ4v) is 2.90. The van der Waals surface area contributed by atoms with Crippen LogP contribution < -0.4 is 15.0 Å². The van der Waals surface area contributed by atoms with Crippen molar-refractivity contribution in [2.75, 3.05) is 19.0 Å². The summed E-state index contributed by atoms with van der Waals surface area (Å²) in [5.74, 6) is -0.224. The normalized spacial score (nSPS) is 13.2. The number of hydrogen-bond acceptors (Lipinski definition) is 2. The van der Waals surface area contributed by atoms with E-state index in [-0.39, 0.29) is 23.5 Å². The highest BCUT2D eigenvalue weighted by Crippen LogP contribution is 2.17. The molecule has 2 rings (SSSR count). The number of halogens is 2. The van der Waals surface area contributed by atoms with Crippen molar-refractivity contribution >= 4 is 27.5 Å². The molecule has 4 nitrogen and oxygen atoms in total. The van der Waals surface area contributed by atoms with Gasteiger partial charge >= 0.3 is 0 Å². The zero-order valence-corrected chi connectivity index (χ0v) is 16.2. The molecule has 0 aromatic heterocycles. The van der Waals surface area contributed by atoms with Crippen molar-refractivity contribution in [1.29, 1.82) is 0 Å². The number of nitrogens with one attached hydrogen (secondary N) is 2. The SMILES string of the molecule is CC[NH+](Cc1ccc(OC)c(F)c1)[C@@H](C)C(=O)Nc1ccc(Br)cc1. The summed E-state index contributed by atoms with van der Waals surface area (Å²) in [6.07, 6.45) is 0. The van der Waals surface area contributed by atoms with Gasteiger partial charge in [0.2, 0.25) is 0 Å². The van der Waals surface area contributed by atoms with Crippen LogP contribution in [-0.2, 0) is 11.3 Å². The lowest BCUT2D eigenvalue weighted by Gasteiger charge is -2.24. The molecule has 134 valence electrons. The molecule has 25 heavy (non-hydrogen) atoms. The fourth-order valence-electron chi connectivity index (χ4n) is 2.64. The summed E-state index contributed by atoms with van der Waals surface area (Å²) in [5, 5.41) is 2.92. The Labute approximate surface area is 156 Å². The van der Waals surface area contributed by atoms with Crippen molar-refractivity contribution in [2.45, 2.75) is 26.4 Å². The molecule has 1 unspecified atom stereocenters. The molecule has 2 aromatic carbocycles. The molecule has 0 aliphatic rings. The van der Waals surface area contributed by atoms with E-state index in [0.717, 1.165) is 27.2 Å². The van der Waals surface area contributed by atoms with Crippen molar-refractivity contribution in [3.63, 3.8) is 0 Å². The summed E-state index contributed by atoms with van der Waals surface area (Å²) >= 11 is 3.37. The molecule has 0 aliphatic carbocycles. The van der Waals surface area contributed by atoms with E-state index in [4.69, 9.17) is 4.74 Å². The quantitative estimate of drug-likeness (QED) is 0.737. The summed E-state index contributed by atoms with van der Waals surface area (Å²) in [7, 11) is 1.44. The Bertz CT molecular complexity index is 722. The highest BCUT2D eigenvalue weighted by molar-refractivity contribution is 9.10. The van der Waals surface area contributed by atoms with Gasteiger partial charge in [-0.15, -0.1) is 0 Å². The van der Waals surface area contributed by atoms with Gasteiger partial charge in [0.15, 0.2) is 17.6 Å². The lowest BCUT2D eigenvalue weighted by atomic mass is 10.1. The maximum absolute atomic E-state index is 13.9. The highest BCUT2D eigenvalue weighted by Gasteiger charge is 2.24. The van der Waals surface area contributed by atoms with E-state index in [1.807, 2.05) is 44.2 Å². The van der Waals surface area contributed by atoms with E-state index in [0.29, 0.717) is 6.54 Å². The Kier molecular flexibility index (Phi) is 6.96. The Hall–Kier alpha value is -1.92. The predicted molar refractivity (Wildman–Crippen MR) is 100 cm³/mol. The first-order valence-corrected chi connectivity index (χ1v) is 8.97. The van der Waals surface area contributed by atoms with E-state index in [9.17, 15) is 9.18 Å². The minimum absolute atomic E-state index is 0.0619. The monoisotopic (exact) mass is 409 g/mol. The van der Waals surface area contributed by atoms with Gasteiger partial charge in [-0.3, -0.25) is 4.79 Å². The average molecular weight is 410 g/mol. The topological polar surface area (TPSA) is 42.8 Å². The van der Waals surface area contributed by atoms with E-state index in [1.54, 1.807) is 6.07 Å². The van der Waals surface area contributed by atoms with Crippen LogP contribution in [0.1, 0.15) is 19.4 Å². The van der Waals surface area contributed by atoms with Gasteiger partial charge in [0.25, 0.3) is 5.91 Å². The zero-order valence-electron chi connectivity index (χ0n) is 14.6. The van der Waals surface area contributed by atoms with Crippen molar-refractivity contribution in [2.24, 2.45) is 0 Å². The molecule has 6 heteroatoms. The van der Waals surface area contributed by atoms with Crippen molar-refractivity contribution in [3.8, 4) is 5.75 Å². The third-order valence-corrected chi connectivity index (χ3v) is 4.75. The average Bonchev–Trinajstić information content (AvgIpc) is 2.61. The van der Waals surface area contributed by atoms with Crippen molar-refractivity contribution in [3.05, 3.63) is 58.3 Å². The van der Waals surface area contributed by atoms with E-state index < -0.39 is 0 Å². The number of benzene rings is 2. The standard InChI is InChI=1S/C19H22BrFN2O2/c1-4-23(12-14-5-10-18(25-3)17(21)11-14)13(2)19(24)22-16-8-6-15(20)7-9-16/h5-11,13H,4,12H2,1-3H3,(H,22,24)/p+1/t13-/m0/s1. The van der Waals surface area contributed by atoms with Gasteiger partial charge in [0.1, 0.15) is 6.54 Å². The van der Waals surface area contributed by atoms with Crippen molar-refractivity contribution < 1.29 is 18.8 Å². The Morgan fingerprint density at radius 2 is 1.96 bits per heavy atom. The zero-order chi connectivity index (χ0) is 18.4. The van der Waals surface area contributed by atoms with Gasteiger partial charge in [0.05, 0.1) is 13.7 Å². The van der Waals surface area contributed by atoms with Crippen LogP contribution in [0.15, 0.2) is 46.9 Å². The molecule has 2 N–H and O–H groups in total. The molecule has 1 amide bonds. The number of carbonyl (C=O) groups excluding carboxylic acids is 1. The number of methoxy groups -OCH3 is 1. The summed E-state index contributed by atoms with van der Waals surface area (Å²) in [4.78, 5) is 13.6. The number of quaternary nitrogens is 1. The first-order valence-electron chi connectivity index (χ1n) is 8.18. The second-order valence-electron chi connectivity index (χ2n) is 5.88. The highest BCUT2D eigenvalue weighted by atomic mass is 79.9. The van der Waals surface area contributed by atoms with E-state index in [1.165, 1.54) is 13.2 Å². The van der Waals surface area contributed by atoms with Gasteiger partial charge in [-0.1, -0.05) is 15.9 Å². The number of hydrogen-bond donors (Lipinski definition) is 2. The molecule has 0 aliphatic heterocycles. The molecular weight excluding hydrogens is 387 g/mol. The van der Waals surface area contributed by atoms with Crippen molar-refractivity contribution in [1.82, 2.24) is 0 Å². The molecule has 0 saturated carbocycles. The van der Waals surface area contributed by atoms with Gasteiger partial charge in [0, 0.05) is 15.7 Å². The van der Waals surface area contributed by atoms with Crippen LogP contribution in [-0.4, -0.2) is 25.6 Å². The number of rotatable bonds is 7. The van der Waals surface area contributed by atoms with Crippen LogP contribution in [0.2, 0.25) is 0 Å². The van der Waals surface area contributed by atoms with Crippen LogP contribution >= 0.6 is 15.9 Å². The van der Waals surface area contributed by atoms with Crippen LogP contribution in [0.4, 0.5) is 10.1 Å². The van der Waals surface area contributed by atoms with Crippen LogP contribution in [0.5, 0.6) is 5.75 Å². The molecule has 0 fully saturated rings. The Morgan fingerprint density at radius 3 is 2.52 bits per heavy atom. The Balaban J connectivity index is 2.04. The van der Waals surface area contributed by atoms with Gasteiger partial charge in [-0.25, -0.2) is 4.39 Å². The van der Waals surface area contributed by atoms with Gasteiger partial charge in [-0.2, -0.15) is 0 Å². The summed E-state index contributed by atoms with van der Waals surface area (Å²) in [5.41, 5.74) is 1.59. The third kappa shape index (κ3) is 5.28. The molecular formula is C19H23BrFN2O2+. The summed E-state index contributed by atoms with van der Waals surface area (Å²) in [6.45, 7) is 5.21. The van der Waals surface area contributed by atoms with Gasteiger partial charge in [-0.05, 0) is 56.3 Å². The number of likely N-dealkylation sites (N-methyl/N-ethyl adjacent to an activating group) is 1. The maximum atomic E-state index is 13.9. The second kappa shape index (κ2) is 8.97. The fraction of sp³-hybridized carbons (Fsp3) is 0.316. The minimum Gasteiger partial charge on any atom is -0.494 e. The van der Waals surface area contributed by atoms with Crippen LogP contribution in [0.25, 0.3) is 0 Å². The number of amides is 1. The van der Waals surface area contributed by atoms with E-state index >= 15 is 0 Å². The number of anilines is 1. The number of carbonyl (C=O) groups is 1. The lowest BCUT2D eigenvalue weighted by molar-refractivity contribution is -0.925. The first kappa shape index (κ1) is 19.4. The molecule has 2 atom stereocenters. The first-order chi connectivity index (χ1) is 11.9. The smallest absolute Gasteiger partial charge is 0.282 e. The lowest BCUT2D eigenvalue weighted by Crippen LogP contribution is -3.15. The summed E-state index contributed by atoms with van der Waals surface area (Å²) < 4.78 is 19.8. The Morgan fingerprint density at radius 1 is 1.28 bits per heavy atom. The molecule has 0 saturated heterocycles. The second-order valence-corrected chi connectivity index (χ2v) is 6.79. The molecule has 0 bridgehead atoms. The third-order valence-electron chi connectivity index (χ3n) is 4.22. The number of ether oxygens (including phenoxy) is 1. The van der Waals surface area contributed by atoms with E-state index in [2.05, 4.69) is 21.2 Å². The van der Waals surface area contributed by atoms with Gasteiger partial charge < -0.3 is 15.0 Å². The van der Waals surface area contributed by atoms with Crippen LogP contribution in [0.3, 0.4) is 0 Å². The molecule has 2 aromatic rings. The molecule has 0 heterocycles. The molecule has 0 spiro atoms. The maximum Gasteiger partial charge on any atom is 0.282 e. The van der Waals surface area contributed by atoms with Crippen LogP contribution in [0, 0.1) is 5.82 Å². The molecule has 0 radical (unpaired) electrons. The minimum atomic E-state index is -0.387. The summed E-state index contributed by atoms with van der Waals surface area (Å²) in [6, 6.07) is 12.1. The largest absolute Gasteiger partial charge is 0.494 e.